The van der Waals surface area contributed by atoms with Gasteiger partial charge in [0.05, 0.1) is 6.20 Å². The van der Waals surface area contributed by atoms with E-state index in [-0.39, 0.29) is 0 Å². The molecule has 1 unspecified atom stereocenters. The monoisotopic (exact) mass is 164 g/mol. The van der Waals surface area contributed by atoms with Gasteiger partial charge in [-0.05, 0) is 13.8 Å². The number of aryl methyl sites for hydroxylation is 1. The van der Waals surface area contributed by atoms with Gasteiger partial charge in [0.2, 0.25) is 0 Å². The number of aromatic nitrogens is 2. The fourth-order valence-electron chi connectivity index (χ4n) is 0.999. The van der Waals surface area contributed by atoms with Crippen LogP contribution in [0.4, 0.5) is 0 Å². The van der Waals surface area contributed by atoms with Gasteiger partial charge in [-0.2, -0.15) is 5.10 Å². The minimum absolute atomic E-state index is 0.705. The molecular formula is C9H12N2O. The summed E-state index contributed by atoms with van der Waals surface area (Å²) in [5.74, 6) is 5.33. The summed E-state index contributed by atoms with van der Waals surface area (Å²) in [6.07, 6.45) is 0.938. The van der Waals surface area contributed by atoms with Gasteiger partial charge < -0.3 is 5.11 Å². The van der Waals surface area contributed by atoms with Crippen LogP contribution in [-0.4, -0.2) is 14.9 Å². The van der Waals surface area contributed by atoms with E-state index in [2.05, 4.69) is 16.9 Å². The predicted molar refractivity (Wildman–Crippen MR) is 46.4 cm³/mol. The van der Waals surface area contributed by atoms with Crippen molar-refractivity contribution in [2.45, 2.75) is 20.0 Å². The van der Waals surface area contributed by atoms with Crippen LogP contribution in [0.2, 0.25) is 0 Å². The molecule has 3 nitrogen and oxygen atoms in total. The average molecular weight is 164 g/mol. The Morgan fingerprint density at radius 2 is 2.33 bits per heavy atom. The lowest BCUT2D eigenvalue weighted by molar-refractivity contribution is 0.237. The van der Waals surface area contributed by atoms with Gasteiger partial charge in [0.1, 0.15) is 6.10 Å². The summed E-state index contributed by atoms with van der Waals surface area (Å²) in [6, 6.07) is 0. The summed E-state index contributed by atoms with van der Waals surface area (Å²) in [4.78, 5) is 0. The standard InChI is InChI=1S/C9H12N2O/c1-4-5-9(12)8-6-10-11(3)7(8)2/h6,9,12H,1-3H3. The third-order valence-corrected chi connectivity index (χ3v) is 1.85. The van der Waals surface area contributed by atoms with Gasteiger partial charge in [0.15, 0.2) is 0 Å². The zero-order valence-electron chi connectivity index (χ0n) is 7.50. The Morgan fingerprint density at radius 3 is 2.75 bits per heavy atom. The average Bonchev–Trinajstić information content (AvgIpc) is 2.34. The molecule has 0 spiro atoms. The van der Waals surface area contributed by atoms with Gasteiger partial charge in [-0.15, -0.1) is 5.92 Å². The number of nitrogens with zero attached hydrogens (tertiary/aromatic N) is 2. The lowest BCUT2D eigenvalue weighted by Crippen LogP contribution is -1.97. The zero-order valence-corrected chi connectivity index (χ0v) is 7.50. The number of hydrogen-bond acceptors (Lipinski definition) is 2. The Labute approximate surface area is 72.0 Å². The molecule has 0 fully saturated rings. The van der Waals surface area contributed by atoms with Crippen LogP contribution in [-0.2, 0) is 7.05 Å². The Hall–Kier alpha value is -1.27. The van der Waals surface area contributed by atoms with E-state index in [1.54, 1.807) is 17.8 Å². The summed E-state index contributed by atoms with van der Waals surface area (Å²) in [5, 5.41) is 13.5. The largest absolute Gasteiger partial charge is 0.376 e. The van der Waals surface area contributed by atoms with Crippen LogP contribution < -0.4 is 0 Å². The Morgan fingerprint density at radius 1 is 1.67 bits per heavy atom. The first-order chi connectivity index (χ1) is 5.66. The highest BCUT2D eigenvalue weighted by Gasteiger charge is 2.10. The van der Waals surface area contributed by atoms with E-state index in [1.807, 2.05) is 14.0 Å². The van der Waals surface area contributed by atoms with Gasteiger partial charge in [0.25, 0.3) is 0 Å². The van der Waals surface area contributed by atoms with Gasteiger partial charge in [-0.1, -0.05) is 5.92 Å². The second kappa shape index (κ2) is 3.42. The summed E-state index contributed by atoms with van der Waals surface area (Å²) < 4.78 is 1.72. The topological polar surface area (TPSA) is 38.1 Å². The minimum Gasteiger partial charge on any atom is -0.376 e. The molecule has 0 aliphatic carbocycles. The normalized spacial score (nSPS) is 12.0. The number of hydrogen-bond donors (Lipinski definition) is 1. The second-order valence-corrected chi connectivity index (χ2v) is 2.61. The highest BCUT2D eigenvalue weighted by molar-refractivity contribution is 5.25. The Kier molecular flexibility index (Phi) is 2.51. The van der Waals surface area contributed by atoms with E-state index in [0.717, 1.165) is 11.3 Å². The van der Waals surface area contributed by atoms with Gasteiger partial charge in [-0.25, -0.2) is 0 Å². The van der Waals surface area contributed by atoms with E-state index in [4.69, 9.17) is 0 Å². The van der Waals surface area contributed by atoms with E-state index in [0.29, 0.717) is 0 Å². The fraction of sp³-hybridized carbons (Fsp3) is 0.444. The lowest BCUT2D eigenvalue weighted by Gasteiger charge is -2.01. The SMILES string of the molecule is CC#CC(O)c1cnn(C)c1C. The van der Waals surface area contributed by atoms with Crippen molar-refractivity contribution in [3.63, 3.8) is 0 Å². The first-order valence-corrected chi connectivity index (χ1v) is 3.75. The number of aliphatic hydroxyl groups excluding tert-OH is 1. The molecule has 0 saturated carbocycles. The summed E-state index contributed by atoms with van der Waals surface area (Å²) in [5.41, 5.74) is 1.73. The molecule has 0 aliphatic heterocycles. The molecule has 1 rings (SSSR count). The summed E-state index contributed by atoms with van der Waals surface area (Å²) in [6.45, 7) is 3.61. The number of rotatable bonds is 1. The first-order valence-electron chi connectivity index (χ1n) is 3.75. The molecule has 0 aliphatic rings. The van der Waals surface area contributed by atoms with Crippen molar-refractivity contribution in [2.75, 3.05) is 0 Å². The molecule has 64 valence electrons. The molecule has 0 saturated heterocycles. The van der Waals surface area contributed by atoms with Crippen LogP contribution >= 0.6 is 0 Å². The molecular weight excluding hydrogens is 152 g/mol. The van der Waals surface area contributed by atoms with Crippen molar-refractivity contribution in [3.05, 3.63) is 17.5 Å². The molecule has 1 atom stereocenters. The van der Waals surface area contributed by atoms with Crippen molar-refractivity contribution >= 4 is 0 Å². The highest BCUT2D eigenvalue weighted by Crippen LogP contribution is 2.14. The highest BCUT2D eigenvalue weighted by atomic mass is 16.3. The molecule has 1 N–H and O–H groups in total. The van der Waals surface area contributed by atoms with Crippen LogP contribution in [0, 0.1) is 18.8 Å². The quantitative estimate of drug-likeness (QED) is 0.623. The van der Waals surface area contributed by atoms with Gasteiger partial charge >= 0.3 is 0 Å². The summed E-state index contributed by atoms with van der Waals surface area (Å²) >= 11 is 0. The second-order valence-electron chi connectivity index (χ2n) is 2.61. The van der Waals surface area contributed by atoms with Gasteiger partial charge in [0, 0.05) is 18.3 Å². The van der Waals surface area contributed by atoms with Crippen LogP contribution in [0.15, 0.2) is 6.20 Å². The van der Waals surface area contributed by atoms with Crippen LogP contribution in [0.1, 0.15) is 24.3 Å². The van der Waals surface area contributed by atoms with E-state index >= 15 is 0 Å². The maximum Gasteiger partial charge on any atom is 0.143 e. The molecule has 0 radical (unpaired) electrons. The fourth-order valence-corrected chi connectivity index (χ4v) is 0.999. The smallest absolute Gasteiger partial charge is 0.143 e. The van der Waals surface area contributed by atoms with Gasteiger partial charge in [-0.3, -0.25) is 4.68 Å². The number of aliphatic hydroxyl groups is 1. The molecule has 3 heteroatoms. The Bertz CT molecular complexity index is 330. The van der Waals surface area contributed by atoms with Crippen molar-refractivity contribution in [1.29, 1.82) is 0 Å². The van der Waals surface area contributed by atoms with Crippen LogP contribution in [0.3, 0.4) is 0 Å². The molecule has 1 heterocycles. The molecule has 1 aromatic rings. The van der Waals surface area contributed by atoms with Crippen molar-refractivity contribution in [2.24, 2.45) is 7.05 Å². The zero-order chi connectivity index (χ0) is 9.14. The van der Waals surface area contributed by atoms with E-state index < -0.39 is 6.10 Å². The van der Waals surface area contributed by atoms with E-state index in [1.165, 1.54) is 0 Å². The maximum absolute atomic E-state index is 9.49. The molecule has 0 aromatic carbocycles. The Balaban J connectivity index is 3.00. The third-order valence-electron chi connectivity index (χ3n) is 1.85. The summed E-state index contributed by atoms with van der Waals surface area (Å²) in [7, 11) is 1.84. The maximum atomic E-state index is 9.49. The third kappa shape index (κ3) is 1.49. The minimum atomic E-state index is -0.705. The van der Waals surface area contributed by atoms with Crippen LogP contribution in [0.25, 0.3) is 0 Å². The molecule has 0 bridgehead atoms. The van der Waals surface area contributed by atoms with Crippen molar-refractivity contribution in [3.8, 4) is 11.8 Å². The molecule has 0 amide bonds. The van der Waals surface area contributed by atoms with Crippen molar-refractivity contribution in [1.82, 2.24) is 9.78 Å². The molecule has 1 aromatic heterocycles. The van der Waals surface area contributed by atoms with Crippen molar-refractivity contribution < 1.29 is 5.11 Å². The molecule has 12 heavy (non-hydrogen) atoms. The van der Waals surface area contributed by atoms with Crippen LogP contribution in [0.5, 0.6) is 0 Å². The predicted octanol–water partition coefficient (Wildman–Crippen LogP) is 0.785. The van der Waals surface area contributed by atoms with E-state index in [9.17, 15) is 5.11 Å². The lowest BCUT2D eigenvalue weighted by atomic mass is 10.1. The first kappa shape index (κ1) is 8.82.